The van der Waals surface area contributed by atoms with Gasteiger partial charge >= 0.3 is 0 Å². The molecule has 0 spiro atoms. The second kappa shape index (κ2) is 7.85. The van der Waals surface area contributed by atoms with Crippen LogP contribution < -0.4 is 10.1 Å². The molecule has 2 aromatic heterocycles. The molecule has 0 bridgehead atoms. The predicted molar refractivity (Wildman–Crippen MR) is 113 cm³/mol. The van der Waals surface area contributed by atoms with Gasteiger partial charge in [0.25, 0.3) is 5.91 Å². The molecular formula is C21H25N3O3S. The summed E-state index contributed by atoms with van der Waals surface area (Å²) >= 11 is 1.33. The standard InChI is InChI=1S/C21H25N3O3S/c1-12-16-19(27-6)23-15(11-26-5)24-20(16)28-17(12)18(25)22-14-9-7-13(8-10-14)21(2,3)4/h7-10H,11H2,1-6H3,(H,22,25). The SMILES string of the molecule is COCc1nc(OC)c2c(C)c(C(=O)Nc3ccc(C(C)(C)C)cc3)sc2n1. The summed E-state index contributed by atoms with van der Waals surface area (Å²) in [5, 5.41) is 3.74. The lowest BCUT2D eigenvalue weighted by Crippen LogP contribution is -2.13. The number of carbonyl (C=O) groups is 1. The minimum Gasteiger partial charge on any atom is -0.480 e. The number of thiophene rings is 1. The number of aryl methyl sites for hydroxylation is 1. The molecule has 0 aliphatic rings. The predicted octanol–water partition coefficient (Wildman–Crippen LogP) is 4.70. The first kappa shape index (κ1) is 20.2. The van der Waals surface area contributed by atoms with Gasteiger partial charge in [0, 0.05) is 12.8 Å². The number of benzene rings is 1. The number of fused-ring (bicyclic) bond motifs is 1. The van der Waals surface area contributed by atoms with Crippen LogP contribution in [0.5, 0.6) is 5.88 Å². The van der Waals surface area contributed by atoms with Crippen molar-refractivity contribution in [3.8, 4) is 5.88 Å². The van der Waals surface area contributed by atoms with Gasteiger partial charge in [0.15, 0.2) is 5.82 Å². The monoisotopic (exact) mass is 399 g/mol. The molecule has 0 saturated carbocycles. The zero-order valence-electron chi connectivity index (χ0n) is 17.0. The summed E-state index contributed by atoms with van der Waals surface area (Å²) in [5.41, 5.74) is 2.85. The molecule has 28 heavy (non-hydrogen) atoms. The molecule has 2 heterocycles. The lowest BCUT2D eigenvalue weighted by molar-refractivity contribution is 0.103. The second-order valence-corrected chi connectivity index (χ2v) is 8.60. The number of hydrogen-bond acceptors (Lipinski definition) is 6. The van der Waals surface area contributed by atoms with Crippen molar-refractivity contribution in [1.29, 1.82) is 0 Å². The molecule has 1 N–H and O–H groups in total. The zero-order valence-corrected chi connectivity index (χ0v) is 17.9. The van der Waals surface area contributed by atoms with Gasteiger partial charge in [0.2, 0.25) is 5.88 Å². The molecule has 148 valence electrons. The minimum atomic E-state index is -0.167. The Labute approximate surface area is 168 Å². The van der Waals surface area contributed by atoms with Crippen LogP contribution in [0.2, 0.25) is 0 Å². The second-order valence-electron chi connectivity index (χ2n) is 7.60. The molecular weight excluding hydrogens is 374 g/mol. The smallest absolute Gasteiger partial charge is 0.266 e. The van der Waals surface area contributed by atoms with Crippen LogP contribution in [0, 0.1) is 6.92 Å². The normalized spacial score (nSPS) is 11.6. The van der Waals surface area contributed by atoms with Crippen LogP contribution in [-0.4, -0.2) is 30.1 Å². The van der Waals surface area contributed by atoms with Gasteiger partial charge < -0.3 is 14.8 Å². The van der Waals surface area contributed by atoms with Gasteiger partial charge in [-0.1, -0.05) is 32.9 Å². The van der Waals surface area contributed by atoms with E-state index in [0.29, 0.717) is 21.4 Å². The highest BCUT2D eigenvalue weighted by Crippen LogP contribution is 2.35. The number of amides is 1. The summed E-state index contributed by atoms with van der Waals surface area (Å²) in [6, 6.07) is 7.94. The van der Waals surface area contributed by atoms with Crippen LogP contribution in [0.25, 0.3) is 10.2 Å². The fourth-order valence-corrected chi connectivity index (χ4v) is 4.03. The van der Waals surface area contributed by atoms with E-state index in [1.165, 1.54) is 16.9 Å². The van der Waals surface area contributed by atoms with Crippen LogP contribution in [0.1, 0.15) is 47.4 Å². The number of nitrogens with one attached hydrogen (secondary N) is 1. The first-order valence-electron chi connectivity index (χ1n) is 8.99. The summed E-state index contributed by atoms with van der Waals surface area (Å²) in [7, 11) is 3.15. The molecule has 1 aromatic carbocycles. The molecule has 0 atom stereocenters. The molecule has 0 aliphatic heterocycles. The first-order valence-corrected chi connectivity index (χ1v) is 9.81. The van der Waals surface area contributed by atoms with Gasteiger partial charge in [-0.2, -0.15) is 4.98 Å². The van der Waals surface area contributed by atoms with Gasteiger partial charge in [0.05, 0.1) is 17.4 Å². The highest BCUT2D eigenvalue weighted by atomic mass is 32.1. The maximum atomic E-state index is 12.9. The number of nitrogens with zero attached hydrogens (tertiary/aromatic N) is 2. The Morgan fingerprint density at radius 3 is 2.39 bits per heavy atom. The van der Waals surface area contributed by atoms with E-state index >= 15 is 0 Å². The van der Waals surface area contributed by atoms with E-state index in [-0.39, 0.29) is 17.9 Å². The maximum absolute atomic E-state index is 12.9. The summed E-state index contributed by atoms with van der Waals surface area (Å²) in [6.45, 7) is 8.65. The van der Waals surface area contributed by atoms with Gasteiger partial charge in [-0.25, -0.2) is 4.98 Å². The number of hydrogen-bond donors (Lipinski definition) is 1. The fraction of sp³-hybridized carbons (Fsp3) is 0.381. The number of rotatable bonds is 5. The van der Waals surface area contributed by atoms with Crippen LogP contribution in [0.4, 0.5) is 5.69 Å². The van der Waals surface area contributed by atoms with E-state index < -0.39 is 0 Å². The van der Waals surface area contributed by atoms with Crippen LogP contribution >= 0.6 is 11.3 Å². The molecule has 3 rings (SSSR count). The minimum absolute atomic E-state index is 0.0692. The van der Waals surface area contributed by atoms with Gasteiger partial charge in [-0.3, -0.25) is 4.79 Å². The molecule has 0 fully saturated rings. The Balaban J connectivity index is 1.92. The van der Waals surface area contributed by atoms with Gasteiger partial charge in [-0.15, -0.1) is 11.3 Å². The highest BCUT2D eigenvalue weighted by molar-refractivity contribution is 7.20. The largest absolute Gasteiger partial charge is 0.480 e. The lowest BCUT2D eigenvalue weighted by Gasteiger charge is -2.19. The number of methoxy groups -OCH3 is 2. The summed E-state index contributed by atoms with van der Waals surface area (Å²) in [6.07, 6.45) is 0. The van der Waals surface area contributed by atoms with Gasteiger partial charge in [-0.05, 0) is 35.6 Å². The molecule has 0 aliphatic carbocycles. The van der Waals surface area contributed by atoms with Crippen molar-refractivity contribution in [1.82, 2.24) is 9.97 Å². The lowest BCUT2D eigenvalue weighted by atomic mass is 9.87. The third-order valence-electron chi connectivity index (χ3n) is 4.49. The molecule has 0 radical (unpaired) electrons. The number of anilines is 1. The Bertz CT molecular complexity index is 1000. The molecule has 1 amide bonds. The van der Waals surface area contributed by atoms with Crippen molar-refractivity contribution in [2.45, 2.75) is 39.7 Å². The van der Waals surface area contributed by atoms with Crippen LogP contribution in [0.3, 0.4) is 0 Å². The molecule has 6 nitrogen and oxygen atoms in total. The average Bonchev–Trinajstić information content (AvgIpc) is 2.98. The summed E-state index contributed by atoms with van der Waals surface area (Å²) < 4.78 is 10.5. The fourth-order valence-electron chi connectivity index (χ4n) is 2.94. The van der Waals surface area contributed by atoms with E-state index in [4.69, 9.17) is 9.47 Å². The number of aromatic nitrogens is 2. The quantitative estimate of drug-likeness (QED) is 0.673. The van der Waals surface area contributed by atoms with Crippen molar-refractivity contribution in [3.05, 3.63) is 46.1 Å². The zero-order chi connectivity index (χ0) is 20.5. The topological polar surface area (TPSA) is 73.3 Å². The van der Waals surface area contributed by atoms with Crippen molar-refractivity contribution < 1.29 is 14.3 Å². The van der Waals surface area contributed by atoms with E-state index in [0.717, 1.165) is 16.6 Å². The molecule has 3 aromatic rings. The van der Waals surface area contributed by atoms with Crippen molar-refractivity contribution in [2.75, 3.05) is 19.5 Å². The summed E-state index contributed by atoms with van der Waals surface area (Å²) in [5.74, 6) is 0.816. The third-order valence-corrected chi connectivity index (χ3v) is 5.67. The van der Waals surface area contributed by atoms with E-state index in [1.807, 2.05) is 31.2 Å². The molecule has 7 heteroatoms. The maximum Gasteiger partial charge on any atom is 0.266 e. The van der Waals surface area contributed by atoms with E-state index in [9.17, 15) is 4.79 Å². The first-order chi connectivity index (χ1) is 13.2. The average molecular weight is 400 g/mol. The Kier molecular flexibility index (Phi) is 5.67. The van der Waals surface area contributed by atoms with Crippen molar-refractivity contribution in [3.63, 3.8) is 0 Å². The van der Waals surface area contributed by atoms with Crippen LogP contribution in [0.15, 0.2) is 24.3 Å². The van der Waals surface area contributed by atoms with E-state index in [2.05, 4.69) is 36.1 Å². The molecule has 0 saturated heterocycles. The van der Waals surface area contributed by atoms with Crippen molar-refractivity contribution >= 4 is 33.1 Å². The highest BCUT2D eigenvalue weighted by Gasteiger charge is 2.21. The number of ether oxygens (including phenoxy) is 2. The van der Waals surface area contributed by atoms with Crippen LogP contribution in [-0.2, 0) is 16.8 Å². The van der Waals surface area contributed by atoms with E-state index in [1.54, 1.807) is 14.2 Å². The van der Waals surface area contributed by atoms with Gasteiger partial charge in [0.1, 0.15) is 11.4 Å². The Morgan fingerprint density at radius 1 is 1.14 bits per heavy atom. The third kappa shape index (κ3) is 4.00. The Hall–Kier alpha value is -2.51. The number of carbonyl (C=O) groups excluding carboxylic acids is 1. The molecule has 0 unspecified atom stereocenters. The summed E-state index contributed by atoms with van der Waals surface area (Å²) in [4.78, 5) is 23.1. The Morgan fingerprint density at radius 2 is 1.82 bits per heavy atom. The van der Waals surface area contributed by atoms with Crippen molar-refractivity contribution in [2.24, 2.45) is 0 Å².